The van der Waals surface area contributed by atoms with E-state index in [9.17, 15) is 4.79 Å². The summed E-state index contributed by atoms with van der Waals surface area (Å²) in [6, 6.07) is 16.0. The van der Waals surface area contributed by atoms with Crippen LogP contribution in [0.2, 0.25) is 0 Å². The number of fused-ring (bicyclic) bond motifs is 1. The average molecular weight is 378 g/mol. The molecule has 0 radical (unpaired) electrons. The van der Waals surface area contributed by atoms with E-state index in [1.807, 2.05) is 36.4 Å². The van der Waals surface area contributed by atoms with Gasteiger partial charge in [0.25, 0.3) is 0 Å². The van der Waals surface area contributed by atoms with Crippen molar-refractivity contribution in [3.05, 3.63) is 71.0 Å². The molecule has 1 aromatic heterocycles. The second-order valence-corrected chi connectivity index (χ2v) is 7.40. The van der Waals surface area contributed by atoms with Crippen LogP contribution in [0, 0.1) is 11.3 Å². The van der Waals surface area contributed by atoms with Gasteiger partial charge in [-0.1, -0.05) is 37.3 Å². The van der Waals surface area contributed by atoms with Crippen LogP contribution >= 0.6 is 11.8 Å². The molecule has 3 aromatic rings. The topological polar surface area (TPSA) is 66.0 Å². The van der Waals surface area contributed by atoms with Gasteiger partial charge >= 0.3 is 0 Å². The third kappa shape index (κ3) is 4.93. The van der Waals surface area contributed by atoms with Crippen molar-refractivity contribution in [1.29, 1.82) is 5.26 Å². The van der Waals surface area contributed by atoms with Gasteiger partial charge in [-0.3, -0.25) is 4.79 Å². The number of thioether (sulfide) groups is 1. The molecule has 0 saturated carbocycles. The number of hydrogen-bond donors (Lipinski definition) is 1. The standard InChI is InChI=1S/C22H22N2O2S/c1-2-16-7-8-20-19(14-26-21(20)11-16)12-22(25)24-9-10-27-15-18-6-4-3-5-17(18)13-23/h3-8,11,14H,2,9-10,12,15H2,1H3,(H,24,25). The molecule has 0 aliphatic carbocycles. The molecule has 0 saturated heterocycles. The Labute approximate surface area is 163 Å². The lowest BCUT2D eigenvalue weighted by molar-refractivity contribution is -0.120. The molecule has 138 valence electrons. The van der Waals surface area contributed by atoms with Crippen molar-refractivity contribution in [3.63, 3.8) is 0 Å². The maximum atomic E-state index is 12.2. The molecule has 4 nitrogen and oxygen atoms in total. The molecule has 0 atom stereocenters. The Hall–Kier alpha value is -2.71. The number of carbonyl (C=O) groups excluding carboxylic acids is 1. The predicted molar refractivity (Wildman–Crippen MR) is 110 cm³/mol. The zero-order chi connectivity index (χ0) is 19.1. The van der Waals surface area contributed by atoms with Crippen LogP contribution in [-0.4, -0.2) is 18.2 Å². The number of carbonyl (C=O) groups is 1. The Morgan fingerprint density at radius 2 is 2.07 bits per heavy atom. The van der Waals surface area contributed by atoms with Crippen molar-refractivity contribution in [2.45, 2.75) is 25.5 Å². The van der Waals surface area contributed by atoms with Gasteiger partial charge in [0.15, 0.2) is 0 Å². The van der Waals surface area contributed by atoms with Crippen molar-refractivity contribution in [1.82, 2.24) is 5.32 Å². The fourth-order valence-electron chi connectivity index (χ4n) is 2.92. The normalized spacial score (nSPS) is 10.7. The molecule has 0 unspecified atom stereocenters. The summed E-state index contributed by atoms with van der Waals surface area (Å²) in [4.78, 5) is 12.2. The molecule has 5 heteroatoms. The van der Waals surface area contributed by atoms with Gasteiger partial charge in [0, 0.05) is 29.0 Å². The van der Waals surface area contributed by atoms with Crippen molar-refractivity contribution in [3.8, 4) is 6.07 Å². The number of nitrogens with one attached hydrogen (secondary N) is 1. The number of amides is 1. The minimum atomic E-state index is -0.00436. The fourth-order valence-corrected chi connectivity index (χ4v) is 3.78. The first-order chi connectivity index (χ1) is 13.2. The summed E-state index contributed by atoms with van der Waals surface area (Å²) < 4.78 is 5.60. The first-order valence-corrected chi connectivity index (χ1v) is 10.2. The Kier molecular flexibility index (Phi) is 6.56. The van der Waals surface area contributed by atoms with Crippen molar-refractivity contribution in [2.75, 3.05) is 12.3 Å². The van der Waals surface area contributed by atoms with Crippen molar-refractivity contribution < 1.29 is 9.21 Å². The van der Waals surface area contributed by atoms with E-state index >= 15 is 0 Å². The highest BCUT2D eigenvalue weighted by atomic mass is 32.2. The highest BCUT2D eigenvalue weighted by molar-refractivity contribution is 7.98. The average Bonchev–Trinajstić information content (AvgIpc) is 3.09. The Morgan fingerprint density at radius 1 is 1.22 bits per heavy atom. The predicted octanol–water partition coefficient (Wildman–Crippen LogP) is 4.46. The minimum Gasteiger partial charge on any atom is -0.464 e. The van der Waals surface area contributed by atoms with E-state index in [4.69, 9.17) is 9.68 Å². The highest BCUT2D eigenvalue weighted by Gasteiger charge is 2.10. The van der Waals surface area contributed by atoms with Gasteiger partial charge in [-0.25, -0.2) is 0 Å². The van der Waals surface area contributed by atoms with Gasteiger partial charge in [-0.15, -0.1) is 0 Å². The van der Waals surface area contributed by atoms with Gasteiger partial charge in [0.2, 0.25) is 5.91 Å². The lowest BCUT2D eigenvalue weighted by Gasteiger charge is -2.06. The van der Waals surface area contributed by atoms with Crippen LogP contribution < -0.4 is 5.32 Å². The van der Waals surface area contributed by atoms with Crippen LogP contribution in [0.4, 0.5) is 0 Å². The number of aryl methyl sites for hydroxylation is 1. The molecular formula is C22H22N2O2S. The first-order valence-electron chi connectivity index (χ1n) is 9.02. The van der Waals surface area contributed by atoms with E-state index < -0.39 is 0 Å². The largest absolute Gasteiger partial charge is 0.464 e. The molecule has 0 spiro atoms. The van der Waals surface area contributed by atoms with E-state index in [0.717, 1.165) is 40.0 Å². The zero-order valence-electron chi connectivity index (χ0n) is 15.3. The SMILES string of the molecule is CCc1ccc2c(CC(=O)NCCSCc3ccccc3C#N)coc2c1. The highest BCUT2D eigenvalue weighted by Crippen LogP contribution is 2.23. The molecule has 2 aromatic carbocycles. The maximum absolute atomic E-state index is 12.2. The van der Waals surface area contributed by atoms with Crippen LogP contribution in [0.1, 0.15) is 29.2 Å². The number of nitriles is 1. The molecule has 3 rings (SSSR count). The summed E-state index contributed by atoms with van der Waals surface area (Å²) in [6.07, 6.45) is 2.96. The van der Waals surface area contributed by atoms with E-state index in [0.29, 0.717) is 18.5 Å². The third-order valence-corrected chi connectivity index (χ3v) is 5.45. The fraction of sp³-hybridized carbons (Fsp3) is 0.273. The summed E-state index contributed by atoms with van der Waals surface area (Å²) in [5.41, 5.74) is 4.73. The summed E-state index contributed by atoms with van der Waals surface area (Å²) >= 11 is 1.71. The van der Waals surface area contributed by atoms with E-state index in [1.165, 1.54) is 5.56 Å². The summed E-state index contributed by atoms with van der Waals surface area (Å²) in [5, 5.41) is 13.1. The molecule has 1 amide bonds. The molecule has 0 aliphatic rings. The smallest absolute Gasteiger partial charge is 0.224 e. The summed E-state index contributed by atoms with van der Waals surface area (Å²) in [5.74, 6) is 1.57. The van der Waals surface area contributed by atoms with Crippen LogP contribution in [0.5, 0.6) is 0 Å². The molecule has 0 bridgehead atoms. The molecule has 27 heavy (non-hydrogen) atoms. The van der Waals surface area contributed by atoms with Crippen LogP contribution in [0.3, 0.4) is 0 Å². The minimum absolute atomic E-state index is 0.00436. The summed E-state index contributed by atoms with van der Waals surface area (Å²) in [6.45, 7) is 2.71. The summed E-state index contributed by atoms with van der Waals surface area (Å²) in [7, 11) is 0. The number of hydrogen-bond acceptors (Lipinski definition) is 4. The zero-order valence-corrected chi connectivity index (χ0v) is 16.1. The second kappa shape index (κ2) is 9.29. The van der Waals surface area contributed by atoms with Crippen molar-refractivity contribution >= 4 is 28.6 Å². The van der Waals surface area contributed by atoms with Crippen LogP contribution in [0.15, 0.2) is 53.1 Å². The molecule has 0 aliphatic heterocycles. The number of benzene rings is 2. The van der Waals surface area contributed by atoms with Gasteiger partial charge < -0.3 is 9.73 Å². The molecular weight excluding hydrogens is 356 g/mol. The molecule has 1 heterocycles. The lowest BCUT2D eigenvalue weighted by atomic mass is 10.1. The first kappa shape index (κ1) is 19.1. The quantitative estimate of drug-likeness (QED) is 0.588. The van der Waals surface area contributed by atoms with Gasteiger partial charge in [0.1, 0.15) is 5.58 Å². The maximum Gasteiger partial charge on any atom is 0.224 e. The monoisotopic (exact) mass is 378 g/mol. The van der Waals surface area contributed by atoms with Gasteiger partial charge in [0.05, 0.1) is 24.3 Å². The number of rotatable bonds is 8. The number of furan rings is 1. The van der Waals surface area contributed by atoms with E-state index in [-0.39, 0.29) is 5.91 Å². The van der Waals surface area contributed by atoms with Gasteiger partial charge in [-0.2, -0.15) is 17.0 Å². The Balaban J connectivity index is 1.44. The Bertz CT molecular complexity index is 972. The van der Waals surface area contributed by atoms with Crippen molar-refractivity contribution in [2.24, 2.45) is 0 Å². The molecule has 1 N–H and O–H groups in total. The van der Waals surface area contributed by atoms with E-state index in [2.05, 4.69) is 24.4 Å². The Morgan fingerprint density at radius 3 is 2.89 bits per heavy atom. The number of nitrogens with zero attached hydrogens (tertiary/aromatic N) is 1. The third-order valence-electron chi connectivity index (χ3n) is 4.44. The lowest BCUT2D eigenvalue weighted by Crippen LogP contribution is -2.27. The second-order valence-electron chi connectivity index (χ2n) is 6.29. The molecule has 0 fully saturated rings. The van der Waals surface area contributed by atoms with Crippen LogP contribution in [-0.2, 0) is 23.4 Å². The van der Waals surface area contributed by atoms with Gasteiger partial charge in [-0.05, 0) is 29.7 Å². The van der Waals surface area contributed by atoms with Crippen LogP contribution in [0.25, 0.3) is 11.0 Å². The van der Waals surface area contributed by atoms with E-state index in [1.54, 1.807) is 18.0 Å².